The summed E-state index contributed by atoms with van der Waals surface area (Å²) in [6, 6.07) is 21.7. The van der Waals surface area contributed by atoms with Gasteiger partial charge in [-0.25, -0.2) is 8.42 Å². The van der Waals surface area contributed by atoms with Crippen molar-refractivity contribution in [1.82, 2.24) is 4.90 Å². The van der Waals surface area contributed by atoms with Crippen LogP contribution >= 0.6 is 0 Å². The van der Waals surface area contributed by atoms with Gasteiger partial charge in [0.25, 0.3) is 15.9 Å². The van der Waals surface area contributed by atoms with E-state index in [4.69, 9.17) is 0 Å². The third kappa shape index (κ3) is 5.95. The summed E-state index contributed by atoms with van der Waals surface area (Å²) >= 11 is 0. The van der Waals surface area contributed by atoms with Crippen molar-refractivity contribution in [3.05, 3.63) is 95.1 Å². The molecule has 5 nitrogen and oxygen atoms in total. The minimum absolute atomic E-state index is 0.0865. The highest BCUT2D eigenvalue weighted by Crippen LogP contribution is 2.19. The van der Waals surface area contributed by atoms with Crippen molar-refractivity contribution in [2.45, 2.75) is 31.6 Å². The zero-order valence-corrected chi connectivity index (χ0v) is 18.9. The van der Waals surface area contributed by atoms with Crippen molar-refractivity contribution >= 4 is 21.6 Å². The van der Waals surface area contributed by atoms with Gasteiger partial charge in [-0.3, -0.25) is 9.52 Å². The number of nitrogens with zero attached hydrogens (tertiary/aromatic N) is 1. The summed E-state index contributed by atoms with van der Waals surface area (Å²) < 4.78 is 27.9. The SMILES string of the molecule is Cc1ccc(S(=O)(=O)Nc2ccc(C(=O)N(C)CCCc3ccccc3)cc2)cc1C. The van der Waals surface area contributed by atoms with Gasteiger partial charge in [0.1, 0.15) is 0 Å². The lowest BCUT2D eigenvalue weighted by Gasteiger charge is -2.17. The van der Waals surface area contributed by atoms with Crippen LogP contribution in [0.1, 0.15) is 33.5 Å². The summed E-state index contributed by atoms with van der Waals surface area (Å²) in [7, 11) is -1.90. The van der Waals surface area contributed by atoms with Gasteiger partial charge in [0.05, 0.1) is 4.90 Å². The lowest BCUT2D eigenvalue weighted by atomic mass is 10.1. The largest absolute Gasteiger partial charge is 0.342 e. The Morgan fingerprint density at radius 3 is 2.23 bits per heavy atom. The molecule has 0 heterocycles. The minimum atomic E-state index is -3.69. The summed E-state index contributed by atoms with van der Waals surface area (Å²) in [5.41, 5.74) is 4.15. The number of carbonyl (C=O) groups is 1. The molecular formula is C25H28N2O3S. The lowest BCUT2D eigenvalue weighted by molar-refractivity contribution is 0.0793. The number of hydrogen-bond acceptors (Lipinski definition) is 3. The number of carbonyl (C=O) groups excluding carboxylic acids is 1. The predicted molar refractivity (Wildman–Crippen MR) is 125 cm³/mol. The number of sulfonamides is 1. The van der Waals surface area contributed by atoms with E-state index in [0.29, 0.717) is 17.8 Å². The number of amides is 1. The second kappa shape index (κ2) is 9.79. The maximum atomic E-state index is 12.7. The second-order valence-electron chi connectivity index (χ2n) is 7.74. The third-order valence-corrected chi connectivity index (χ3v) is 6.70. The average molecular weight is 437 g/mol. The van der Waals surface area contributed by atoms with Crippen molar-refractivity contribution in [1.29, 1.82) is 0 Å². The fraction of sp³-hybridized carbons (Fsp3) is 0.240. The molecule has 0 aliphatic heterocycles. The monoisotopic (exact) mass is 436 g/mol. The first-order valence-electron chi connectivity index (χ1n) is 10.3. The number of aryl methyl sites for hydroxylation is 3. The molecule has 0 fully saturated rings. The Bertz CT molecular complexity index is 1140. The van der Waals surface area contributed by atoms with Crippen LogP contribution in [0.15, 0.2) is 77.7 Å². The Hall–Kier alpha value is -3.12. The fourth-order valence-corrected chi connectivity index (χ4v) is 4.41. The average Bonchev–Trinajstić information content (AvgIpc) is 2.76. The second-order valence-corrected chi connectivity index (χ2v) is 9.43. The highest BCUT2D eigenvalue weighted by atomic mass is 32.2. The van der Waals surface area contributed by atoms with E-state index < -0.39 is 10.0 Å². The van der Waals surface area contributed by atoms with Crippen molar-refractivity contribution in [3.63, 3.8) is 0 Å². The van der Waals surface area contributed by atoms with Crippen LogP contribution < -0.4 is 4.72 Å². The molecule has 0 aliphatic carbocycles. The van der Waals surface area contributed by atoms with E-state index in [-0.39, 0.29) is 10.8 Å². The van der Waals surface area contributed by atoms with Gasteiger partial charge >= 0.3 is 0 Å². The zero-order valence-electron chi connectivity index (χ0n) is 18.1. The van der Waals surface area contributed by atoms with Crippen LogP contribution in [-0.4, -0.2) is 32.8 Å². The molecule has 0 atom stereocenters. The summed E-state index contributed by atoms with van der Waals surface area (Å²) in [5, 5.41) is 0. The topological polar surface area (TPSA) is 66.5 Å². The highest BCUT2D eigenvalue weighted by Gasteiger charge is 2.16. The molecule has 0 saturated carbocycles. The number of benzene rings is 3. The van der Waals surface area contributed by atoms with Gasteiger partial charge in [-0.2, -0.15) is 0 Å². The van der Waals surface area contributed by atoms with Crippen LogP contribution in [0.4, 0.5) is 5.69 Å². The summed E-state index contributed by atoms with van der Waals surface area (Å²) in [4.78, 5) is 14.6. The molecule has 3 rings (SSSR count). The van der Waals surface area contributed by atoms with E-state index in [9.17, 15) is 13.2 Å². The Morgan fingerprint density at radius 2 is 1.58 bits per heavy atom. The van der Waals surface area contributed by atoms with E-state index >= 15 is 0 Å². The van der Waals surface area contributed by atoms with Crippen molar-refractivity contribution in [2.75, 3.05) is 18.3 Å². The third-order valence-electron chi connectivity index (χ3n) is 5.32. The van der Waals surface area contributed by atoms with Crippen molar-refractivity contribution < 1.29 is 13.2 Å². The lowest BCUT2D eigenvalue weighted by Crippen LogP contribution is -2.28. The Kier molecular flexibility index (Phi) is 7.13. The first kappa shape index (κ1) is 22.6. The van der Waals surface area contributed by atoms with Crippen molar-refractivity contribution in [2.24, 2.45) is 0 Å². The molecular weight excluding hydrogens is 408 g/mol. The number of rotatable bonds is 8. The van der Waals surface area contributed by atoms with Crippen LogP contribution in [0.25, 0.3) is 0 Å². The standard InChI is InChI=1S/C25H28N2O3S/c1-19-11-16-24(18-20(19)2)31(29,30)26-23-14-12-22(13-15-23)25(28)27(3)17-7-10-21-8-5-4-6-9-21/h4-6,8-9,11-16,18,26H,7,10,17H2,1-3H3. The molecule has 3 aromatic rings. The summed E-state index contributed by atoms with van der Waals surface area (Å²) in [6.07, 6.45) is 1.79. The van der Waals surface area contributed by atoms with Gasteiger partial charge in [0.15, 0.2) is 0 Å². The van der Waals surface area contributed by atoms with E-state index in [1.807, 2.05) is 32.0 Å². The molecule has 0 aromatic heterocycles. The van der Waals surface area contributed by atoms with Crippen LogP contribution in [0.5, 0.6) is 0 Å². The van der Waals surface area contributed by atoms with Gasteiger partial charge < -0.3 is 4.90 Å². The summed E-state index contributed by atoms with van der Waals surface area (Å²) in [6.45, 7) is 4.47. The molecule has 6 heteroatoms. The number of hydrogen-bond donors (Lipinski definition) is 1. The molecule has 0 saturated heterocycles. The molecule has 1 N–H and O–H groups in total. The van der Waals surface area contributed by atoms with Crippen LogP contribution in [0, 0.1) is 13.8 Å². The first-order valence-corrected chi connectivity index (χ1v) is 11.7. The molecule has 0 aliphatic rings. The van der Waals surface area contributed by atoms with E-state index in [2.05, 4.69) is 16.9 Å². The van der Waals surface area contributed by atoms with Crippen LogP contribution in [0.3, 0.4) is 0 Å². The van der Waals surface area contributed by atoms with E-state index in [1.54, 1.807) is 54.4 Å². The Labute approximate surface area is 184 Å². The van der Waals surface area contributed by atoms with Crippen molar-refractivity contribution in [3.8, 4) is 0 Å². The molecule has 162 valence electrons. The fourth-order valence-electron chi connectivity index (χ4n) is 3.26. The maximum absolute atomic E-state index is 12.7. The first-order chi connectivity index (χ1) is 14.8. The number of anilines is 1. The van der Waals surface area contributed by atoms with Gasteiger partial charge in [0, 0.05) is 24.8 Å². The van der Waals surface area contributed by atoms with Gasteiger partial charge in [0.2, 0.25) is 0 Å². The molecule has 1 amide bonds. The molecule has 0 bridgehead atoms. The maximum Gasteiger partial charge on any atom is 0.261 e. The quantitative estimate of drug-likeness (QED) is 0.551. The predicted octanol–water partition coefficient (Wildman–Crippen LogP) is 4.81. The molecule has 0 unspecified atom stereocenters. The van der Waals surface area contributed by atoms with Crippen LogP contribution in [-0.2, 0) is 16.4 Å². The molecule has 0 spiro atoms. The van der Waals surface area contributed by atoms with Gasteiger partial charge in [-0.1, -0.05) is 36.4 Å². The molecule has 31 heavy (non-hydrogen) atoms. The molecule has 3 aromatic carbocycles. The number of nitrogens with one attached hydrogen (secondary N) is 1. The van der Waals surface area contributed by atoms with E-state index in [1.165, 1.54) is 5.56 Å². The smallest absolute Gasteiger partial charge is 0.261 e. The van der Waals surface area contributed by atoms with Crippen LogP contribution in [0.2, 0.25) is 0 Å². The molecule has 0 radical (unpaired) electrons. The van der Waals surface area contributed by atoms with Gasteiger partial charge in [-0.15, -0.1) is 0 Å². The highest BCUT2D eigenvalue weighted by molar-refractivity contribution is 7.92. The Morgan fingerprint density at radius 1 is 0.903 bits per heavy atom. The minimum Gasteiger partial charge on any atom is -0.342 e. The normalized spacial score (nSPS) is 11.2. The zero-order chi connectivity index (χ0) is 22.4. The van der Waals surface area contributed by atoms with Gasteiger partial charge in [-0.05, 0) is 79.8 Å². The Balaban J connectivity index is 1.59. The van der Waals surface area contributed by atoms with E-state index in [0.717, 1.165) is 24.0 Å². The summed E-state index contributed by atoms with van der Waals surface area (Å²) in [5.74, 6) is -0.0865.